The Kier molecular flexibility index (Phi) is 6.55. The van der Waals surface area contributed by atoms with E-state index in [2.05, 4.69) is 25.2 Å². The van der Waals surface area contributed by atoms with Gasteiger partial charge in [-0.3, -0.25) is 5.01 Å². The highest BCUT2D eigenvalue weighted by molar-refractivity contribution is 6.00. The van der Waals surface area contributed by atoms with Crippen LogP contribution in [0.2, 0.25) is 0 Å². The van der Waals surface area contributed by atoms with Gasteiger partial charge in [0.05, 0.1) is 5.70 Å². The monoisotopic (exact) mass is 473 g/mol. The van der Waals surface area contributed by atoms with Crippen molar-refractivity contribution in [2.24, 2.45) is 5.10 Å². The van der Waals surface area contributed by atoms with E-state index in [-0.39, 0.29) is 17.2 Å². The fourth-order valence-electron chi connectivity index (χ4n) is 3.40. The van der Waals surface area contributed by atoms with Crippen molar-refractivity contribution >= 4 is 29.3 Å². The van der Waals surface area contributed by atoms with Crippen LogP contribution in [0.1, 0.15) is 12.0 Å². The second-order valence-corrected chi connectivity index (χ2v) is 7.92. The molecule has 2 aliphatic rings. The number of fused-ring (bicyclic) bond motifs is 1. The van der Waals surface area contributed by atoms with Crippen LogP contribution >= 0.6 is 0 Å². The third kappa shape index (κ3) is 5.54. The molecule has 0 aromatic heterocycles. The molecule has 2 amide bonds. The summed E-state index contributed by atoms with van der Waals surface area (Å²) in [6, 6.07) is 8.77. The van der Waals surface area contributed by atoms with Crippen molar-refractivity contribution in [2.45, 2.75) is 12.7 Å². The summed E-state index contributed by atoms with van der Waals surface area (Å²) in [4.78, 5) is 14.6. The van der Waals surface area contributed by atoms with Gasteiger partial charge in [0.2, 0.25) is 0 Å². The van der Waals surface area contributed by atoms with Crippen LogP contribution < -0.4 is 24.8 Å². The molecule has 2 aliphatic heterocycles. The lowest BCUT2D eigenvalue weighted by Crippen LogP contribution is -2.25. The van der Waals surface area contributed by atoms with Crippen molar-refractivity contribution < 1.29 is 27.8 Å². The summed E-state index contributed by atoms with van der Waals surface area (Å²) >= 11 is 0. The molecule has 0 spiro atoms. The standard InChI is InChI=1S/C23H25F2N5O4/c1-29(2)11-12-32-19-8-6-15(13-17(19)18-5-4-10-26-30(18)3)27-22(31)28-16-7-9-20-21(14-16)34-23(24,25)33-20/h5-10,13-14H,4,11-12H2,1-3H3,(H2,27,28,31). The fourth-order valence-corrected chi connectivity index (χ4v) is 3.40. The molecule has 0 saturated carbocycles. The molecule has 0 aliphatic carbocycles. The first kappa shape index (κ1) is 23.3. The van der Waals surface area contributed by atoms with E-state index in [1.54, 1.807) is 29.4 Å². The van der Waals surface area contributed by atoms with Gasteiger partial charge in [0.15, 0.2) is 11.5 Å². The Hall–Kier alpha value is -3.86. The number of hydrazone groups is 1. The molecule has 4 rings (SSSR count). The first-order chi connectivity index (χ1) is 16.2. The highest BCUT2D eigenvalue weighted by Crippen LogP contribution is 2.42. The number of halogens is 2. The summed E-state index contributed by atoms with van der Waals surface area (Å²) in [5.74, 6) is 0.412. The summed E-state index contributed by atoms with van der Waals surface area (Å²) < 4.78 is 41.2. The Morgan fingerprint density at radius 2 is 1.85 bits per heavy atom. The van der Waals surface area contributed by atoms with Crippen LogP contribution in [0, 0.1) is 0 Å². The number of hydrogen-bond donors (Lipinski definition) is 2. The molecule has 180 valence electrons. The van der Waals surface area contributed by atoms with Crippen LogP contribution in [0.3, 0.4) is 0 Å². The minimum Gasteiger partial charge on any atom is -0.492 e. The van der Waals surface area contributed by atoms with Crippen LogP contribution in [-0.2, 0) is 0 Å². The molecule has 11 heteroatoms. The first-order valence-electron chi connectivity index (χ1n) is 10.6. The van der Waals surface area contributed by atoms with E-state index in [0.29, 0.717) is 24.5 Å². The maximum absolute atomic E-state index is 13.2. The summed E-state index contributed by atoms with van der Waals surface area (Å²) in [6.07, 6.45) is 0.777. The third-order valence-electron chi connectivity index (χ3n) is 4.99. The molecule has 0 bridgehead atoms. The number of anilines is 2. The number of carbonyl (C=O) groups is 1. The fraction of sp³-hybridized carbons (Fsp3) is 0.304. The van der Waals surface area contributed by atoms with Crippen molar-refractivity contribution in [1.29, 1.82) is 0 Å². The number of ether oxygens (including phenoxy) is 3. The van der Waals surface area contributed by atoms with Crippen LogP contribution in [0.4, 0.5) is 25.0 Å². The number of amides is 2. The molecule has 34 heavy (non-hydrogen) atoms. The minimum absolute atomic E-state index is 0.0991. The predicted octanol–water partition coefficient (Wildman–Crippen LogP) is 4.25. The van der Waals surface area contributed by atoms with Gasteiger partial charge >= 0.3 is 12.3 Å². The van der Waals surface area contributed by atoms with Crippen LogP contribution in [0.5, 0.6) is 17.2 Å². The van der Waals surface area contributed by atoms with E-state index in [1.165, 1.54) is 18.2 Å². The lowest BCUT2D eigenvalue weighted by atomic mass is 10.1. The zero-order valence-corrected chi connectivity index (χ0v) is 19.0. The van der Waals surface area contributed by atoms with E-state index < -0.39 is 12.3 Å². The number of hydrogen-bond acceptors (Lipinski definition) is 7. The van der Waals surface area contributed by atoms with Crippen LogP contribution in [0.15, 0.2) is 47.6 Å². The average Bonchev–Trinajstić information content (AvgIpc) is 3.08. The van der Waals surface area contributed by atoms with Crippen molar-refractivity contribution in [3.63, 3.8) is 0 Å². The second kappa shape index (κ2) is 9.56. The second-order valence-electron chi connectivity index (χ2n) is 7.92. The molecule has 2 aromatic carbocycles. The Bertz CT molecular complexity index is 1140. The Labute approximate surface area is 195 Å². The summed E-state index contributed by atoms with van der Waals surface area (Å²) in [5.41, 5.74) is 2.42. The van der Waals surface area contributed by atoms with Gasteiger partial charge in [-0.2, -0.15) is 5.10 Å². The summed E-state index contributed by atoms with van der Waals surface area (Å²) in [6.45, 7) is 1.24. The lowest BCUT2D eigenvalue weighted by molar-refractivity contribution is -0.286. The molecule has 0 unspecified atom stereocenters. The number of allylic oxidation sites excluding steroid dienone is 1. The van der Waals surface area contributed by atoms with Gasteiger partial charge in [-0.1, -0.05) is 6.08 Å². The van der Waals surface area contributed by atoms with Crippen molar-refractivity contribution in [2.75, 3.05) is 44.9 Å². The normalized spacial score (nSPS) is 15.8. The van der Waals surface area contributed by atoms with Crippen LogP contribution in [-0.4, -0.2) is 62.7 Å². The molecule has 0 atom stereocenters. The number of benzene rings is 2. The van der Waals surface area contributed by atoms with Gasteiger partial charge in [-0.25, -0.2) is 4.79 Å². The van der Waals surface area contributed by atoms with Gasteiger partial charge in [0.25, 0.3) is 0 Å². The molecule has 0 saturated heterocycles. The topological polar surface area (TPSA) is 87.7 Å². The highest BCUT2D eigenvalue weighted by atomic mass is 19.3. The third-order valence-corrected chi connectivity index (χ3v) is 4.99. The summed E-state index contributed by atoms with van der Waals surface area (Å²) in [5, 5.41) is 11.4. The largest absolute Gasteiger partial charge is 0.586 e. The van der Waals surface area contributed by atoms with Gasteiger partial charge in [-0.15, -0.1) is 8.78 Å². The van der Waals surface area contributed by atoms with Crippen LogP contribution in [0.25, 0.3) is 5.70 Å². The van der Waals surface area contributed by atoms with Crippen molar-refractivity contribution in [3.8, 4) is 17.2 Å². The minimum atomic E-state index is -3.72. The lowest BCUT2D eigenvalue weighted by Gasteiger charge is -2.23. The zero-order chi connectivity index (χ0) is 24.3. The Morgan fingerprint density at radius 1 is 1.15 bits per heavy atom. The molecule has 0 fully saturated rings. The number of nitrogens with zero attached hydrogens (tertiary/aromatic N) is 3. The predicted molar refractivity (Wildman–Crippen MR) is 125 cm³/mol. The van der Waals surface area contributed by atoms with Gasteiger partial charge in [0.1, 0.15) is 12.4 Å². The molecule has 2 heterocycles. The molecular formula is C23H25F2N5O4. The number of urea groups is 1. The molecule has 2 N–H and O–H groups in total. The van der Waals surface area contributed by atoms with Crippen molar-refractivity contribution in [3.05, 3.63) is 48.0 Å². The quantitative estimate of drug-likeness (QED) is 0.625. The Morgan fingerprint density at radius 3 is 2.59 bits per heavy atom. The van der Waals surface area contributed by atoms with E-state index in [0.717, 1.165) is 17.8 Å². The molecular weight excluding hydrogens is 448 g/mol. The van der Waals surface area contributed by atoms with E-state index in [9.17, 15) is 13.6 Å². The molecule has 0 radical (unpaired) electrons. The highest BCUT2D eigenvalue weighted by Gasteiger charge is 2.43. The van der Waals surface area contributed by atoms with Crippen molar-refractivity contribution in [1.82, 2.24) is 9.91 Å². The van der Waals surface area contributed by atoms with E-state index >= 15 is 0 Å². The number of carbonyl (C=O) groups excluding carboxylic acids is 1. The number of alkyl halides is 2. The number of likely N-dealkylation sites (N-methyl/N-ethyl adjacent to an activating group) is 1. The SMILES string of the molecule is CN(C)CCOc1ccc(NC(=O)Nc2ccc3c(c2)OC(F)(F)O3)cc1C1=CCC=NN1C. The van der Waals surface area contributed by atoms with Gasteiger partial charge in [-0.05, 0) is 44.4 Å². The molecule has 2 aromatic rings. The number of nitrogens with one attached hydrogen (secondary N) is 2. The van der Waals surface area contributed by atoms with E-state index in [4.69, 9.17) is 4.74 Å². The zero-order valence-electron chi connectivity index (χ0n) is 19.0. The smallest absolute Gasteiger partial charge is 0.492 e. The first-order valence-corrected chi connectivity index (χ1v) is 10.6. The van der Waals surface area contributed by atoms with Gasteiger partial charge < -0.3 is 29.7 Å². The maximum Gasteiger partial charge on any atom is 0.586 e. The molecule has 9 nitrogen and oxygen atoms in total. The maximum atomic E-state index is 13.2. The Balaban J connectivity index is 1.49. The van der Waals surface area contributed by atoms with Gasteiger partial charge in [0, 0.05) is 49.2 Å². The number of rotatable bonds is 7. The summed E-state index contributed by atoms with van der Waals surface area (Å²) in [7, 11) is 5.77. The van der Waals surface area contributed by atoms with E-state index in [1.807, 2.05) is 32.1 Å². The average molecular weight is 473 g/mol.